The zero-order valence-electron chi connectivity index (χ0n) is 7.56. The maximum Gasteiger partial charge on any atom is 0.0688 e. The van der Waals surface area contributed by atoms with E-state index in [1.165, 1.54) is 36.2 Å². The summed E-state index contributed by atoms with van der Waals surface area (Å²) in [5.41, 5.74) is 5.72. The van der Waals surface area contributed by atoms with Gasteiger partial charge in [-0.1, -0.05) is 6.08 Å². The van der Waals surface area contributed by atoms with E-state index in [0.717, 1.165) is 6.54 Å². The van der Waals surface area contributed by atoms with Gasteiger partial charge < -0.3 is 10.3 Å². The normalized spacial score (nSPS) is 19.7. The molecule has 0 spiro atoms. The lowest BCUT2D eigenvalue weighted by molar-refractivity contribution is 0.740. The van der Waals surface area contributed by atoms with Crippen LogP contribution in [0.4, 0.5) is 0 Å². The van der Waals surface area contributed by atoms with E-state index in [4.69, 9.17) is 0 Å². The number of rotatable bonds is 0. The molecule has 0 atom stereocenters. The van der Waals surface area contributed by atoms with Gasteiger partial charge in [-0.3, -0.25) is 0 Å². The van der Waals surface area contributed by atoms with Gasteiger partial charge in [0, 0.05) is 11.4 Å². The molecule has 1 aliphatic carbocycles. The minimum absolute atomic E-state index is 1.08. The van der Waals surface area contributed by atoms with E-state index in [-0.39, 0.29) is 0 Å². The number of fused-ring (bicyclic) bond motifs is 3. The zero-order chi connectivity index (χ0) is 8.67. The lowest BCUT2D eigenvalue weighted by Crippen LogP contribution is -2.21. The molecule has 0 unspecified atom stereocenters. The van der Waals surface area contributed by atoms with Crippen LogP contribution in [0.1, 0.15) is 28.9 Å². The molecule has 0 aromatic carbocycles. The summed E-state index contributed by atoms with van der Waals surface area (Å²) in [5, 5.41) is 3.27. The molecular weight excluding hydrogens is 160 g/mol. The second-order valence-corrected chi connectivity index (χ2v) is 3.70. The Morgan fingerprint density at radius 1 is 1.08 bits per heavy atom. The van der Waals surface area contributed by atoms with Crippen molar-refractivity contribution in [3.05, 3.63) is 35.1 Å². The number of allylic oxidation sites excluding steroid dienone is 1. The lowest BCUT2D eigenvalue weighted by atomic mass is 9.96. The summed E-state index contributed by atoms with van der Waals surface area (Å²) in [5.74, 6) is 0. The lowest BCUT2D eigenvalue weighted by Gasteiger charge is -2.14. The first kappa shape index (κ1) is 7.39. The van der Waals surface area contributed by atoms with Crippen LogP contribution in [-0.4, -0.2) is 11.5 Å². The van der Waals surface area contributed by atoms with Crippen LogP contribution in [0, 0.1) is 6.54 Å². The third-order valence-corrected chi connectivity index (χ3v) is 2.90. The van der Waals surface area contributed by atoms with Crippen LogP contribution < -0.4 is 5.32 Å². The third kappa shape index (κ3) is 1.05. The smallest absolute Gasteiger partial charge is 0.0688 e. The number of aromatic nitrogens is 1. The van der Waals surface area contributed by atoms with Crippen molar-refractivity contribution in [2.45, 2.75) is 19.3 Å². The summed E-state index contributed by atoms with van der Waals surface area (Å²) in [7, 11) is 0. The van der Waals surface area contributed by atoms with Gasteiger partial charge in [-0.05, 0) is 43.0 Å². The molecule has 1 aliphatic heterocycles. The summed E-state index contributed by atoms with van der Waals surface area (Å²) < 4.78 is 0. The molecule has 1 aromatic rings. The van der Waals surface area contributed by atoms with E-state index in [1.807, 2.05) is 0 Å². The highest BCUT2D eigenvalue weighted by atomic mass is 14.9. The van der Waals surface area contributed by atoms with E-state index < -0.39 is 0 Å². The first-order valence-electron chi connectivity index (χ1n) is 4.92. The Morgan fingerprint density at radius 2 is 2.00 bits per heavy atom. The molecule has 0 saturated heterocycles. The number of aromatic amines is 1. The Labute approximate surface area is 78.0 Å². The van der Waals surface area contributed by atoms with Gasteiger partial charge in [0.05, 0.1) is 6.54 Å². The fraction of sp³-hybridized carbons (Fsp3) is 0.364. The number of hydrogen-bond donors (Lipinski definition) is 2. The second kappa shape index (κ2) is 2.74. The highest BCUT2D eigenvalue weighted by Gasteiger charge is 2.19. The van der Waals surface area contributed by atoms with Gasteiger partial charge in [0.2, 0.25) is 0 Å². The molecule has 2 heterocycles. The molecule has 67 valence electrons. The molecular formula is C11H13N2. The van der Waals surface area contributed by atoms with Crippen molar-refractivity contribution in [2.24, 2.45) is 0 Å². The highest BCUT2D eigenvalue weighted by Crippen LogP contribution is 2.27. The molecule has 0 saturated carbocycles. The Morgan fingerprint density at radius 3 is 3.00 bits per heavy atom. The monoisotopic (exact) mass is 173 g/mol. The third-order valence-electron chi connectivity index (χ3n) is 2.90. The Balaban J connectivity index is 2.15. The van der Waals surface area contributed by atoms with E-state index in [9.17, 15) is 0 Å². The Hall–Kier alpha value is -1.02. The van der Waals surface area contributed by atoms with E-state index in [0.29, 0.717) is 0 Å². The fourth-order valence-electron chi connectivity index (χ4n) is 2.26. The van der Waals surface area contributed by atoms with Crippen LogP contribution >= 0.6 is 0 Å². The largest absolute Gasteiger partial charge is 0.357 e. The van der Waals surface area contributed by atoms with Crippen molar-refractivity contribution in [1.29, 1.82) is 0 Å². The maximum absolute atomic E-state index is 3.45. The summed E-state index contributed by atoms with van der Waals surface area (Å²) in [6, 6.07) is 0. The van der Waals surface area contributed by atoms with Crippen LogP contribution in [0.5, 0.6) is 0 Å². The summed E-state index contributed by atoms with van der Waals surface area (Å²) in [4.78, 5) is 3.45. The van der Waals surface area contributed by atoms with Crippen molar-refractivity contribution in [2.75, 3.05) is 6.54 Å². The zero-order valence-corrected chi connectivity index (χ0v) is 7.56. The van der Waals surface area contributed by atoms with Gasteiger partial charge >= 0.3 is 0 Å². The second-order valence-electron chi connectivity index (χ2n) is 3.70. The highest BCUT2D eigenvalue weighted by molar-refractivity contribution is 5.58. The van der Waals surface area contributed by atoms with Crippen LogP contribution in [-0.2, 0) is 12.8 Å². The summed E-state index contributed by atoms with van der Waals surface area (Å²) in [6.07, 6.45) is 8.05. The van der Waals surface area contributed by atoms with Crippen LogP contribution in [0.3, 0.4) is 0 Å². The average Bonchev–Trinajstić information content (AvgIpc) is 2.56. The number of nitrogens with one attached hydrogen (secondary N) is 2. The topological polar surface area (TPSA) is 27.8 Å². The number of hydrogen-bond acceptors (Lipinski definition) is 1. The van der Waals surface area contributed by atoms with Crippen molar-refractivity contribution in [3.63, 3.8) is 0 Å². The van der Waals surface area contributed by atoms with E-state index in [2.05, 4.69) is 29.0 Å². The fourth-order valence-corrected chi connectivity index (χ4v) is 2.26. The average molecular weight is 173 g/mol. The minimum Gasteiger partial charge on any atom is -0.357 e. The van der Waals surface area contributed by atoms with E-state index in [1.54, 1.807) is 5.56 Å². The first-order valence-corrected chi connectivity index (χ1v) is 4.92. The predicted molar refractivity (Wildman–Crippen MR) is 53.3 cm³/mol. The summed E-state index contributed by atoms with van der Waals surface area (Å²) >= 11 is 0. The SMILES string of the molecule is [CH]1NCCc2c1[nH]c1c2CCC=C1. The molecule has 2 N–H and O–H groups in total. The van der Waals surface area contributed by atoms with Crippen LogP contribution in [0.25, 0.3) is 6.08 Å². The van der Waals surface area contributed by atoms with Crippen molar-refractivity contribution < 1.29 is 0 Å². The standard InChI is InChI=1S/C11H13N2/c1-2-4-10-8(3-1)9-5-6-12-7-11(9)13-10/h2,4,7,12-13H,1,3,5-6H2. The van der Waals surface area contributed by atoms with Gasteiger partial charge in [-0.2, -0.15) is 0 Å². The van der Waals surface area contributed by atoms with E-state index >= 15 is 0 Å². The van der Waals surface area contributed by atoms with Crippen LogP contribution in [0.15, 0.2) is 6.08 Å². The predicted octanol–water partition coefficient (Wildman–Crippen LogP) is 1.63. The Kier molecular flexibility index (Phi) is 1.56. The van der Waals surface area contributed by atoms with Gasteiger partial charge in [0.25, 0.3) is 0 Å². The van der Waals surface area contributed by atoms with Crippen molar-refractivity contribution >= 4 is 6.08 Å². The molecule has 3 rings (SSSR count). The van der Waals surface area contributed by atoms with Gasteiger partial charge in [-0.25, -0.2) is 0 Å². The maximum atomic E-state index is 3.45. The molecule has 1 aromatic heterocycles. The molecule has 0 amide bonds. The van der Waals surface area contributed by atoms with Gasteiger partial charge in [0.15, 0.2) is 0 Å². The molecule has 1 radical (unpaired) electrons. The molecule has 2 aliphatic rings. The molecule has 0 bridgehead atoms. The molecule has 2 nitrogen and oxygen atoms in total. The van der Waals surface area contributed by atoms with Crippen LogP contribution in [0.2, 0.25) is 0 Å². The van der Waals surface area contributed by atoms with Gasteiger partial charge in [-0.15, -0.1) is 0 Å². The molecule has 2 heteroatoms. The quantitative estimate of drug-likeness (QED) is 0.613. The Bertz CT molecular complexity index is 360. The summed E-state index contributed by atoms with van der Waals surface area (Å²) in [6.45, 7) is 3.19. The number of H-pyrrole nitrogens is 1. The molecule has 13 heavy (non-hydrogen) atoms. The van der Waals surface area contributed by atoms with Gasteiger partial charge in [0.1, 0.15) is 0 Å². The first-order chi connectivity index (χ1) is 6.45. The van der Waals surface area contributed by atoms with Crippen molar-refractivity contribution in [1.82, 2.24) is 10.3 Å². The molecule has 0 fully saturated rings. The minimum atomic E-state index is 1.08. The van der Waals surface area contributed by atoms with Crippen molar-refractivity contribution in [3.8, 4) is 0 Å².